The van der Waals surface area contributed by atoms with Gasteiger partial charge in [-0.2, -0.15) is 0 Å². The van der Waals surface area contributed by atoms with E-state index in [-0.39, 0.29) is 6.61 Å². The Hall–Kier alpha value is -2.52. The van der Waals surface area contributed by atoms with Crippen LogP contribution in [0.1, 0.15) is 16.8 Å². The van der Waals surface area contributed by atoms with Crippen LogP contribution in [-0.4, -0.2) is 38.2 Å². The molecule has 0 saturated heterocycles. The minimum absolute atomic E-state index is 0.159. The topological polar surface area (TPSA) is 90.7 Å². The van der Waals surface area contributed by atoms with E-state index in [4.69, 9.17) is 21.6 Å². The normalized spacial score (nSPS) is 11.2. The van der Waals surface area contributed by atoms with E-state index in [1.54, 1.807) is 24.3 Å². The Labute approximate surface area is 123 Å². The summed E-state index contributed by atoms with van der Waals surface area (Å²) in [5.74, 6) is 1.92. The highest BCUT2D eigenvalue weighted by molar-refractivity contribution is 5.97. The number of methoxy groups -OCH3 is 1. The maximum Gasteiger partial charge on any atom is 0.251 e. The molecular weight excluding hydrogens is 272 g/mol. The van der Waals surface area contributed by atoms with Crippen LogP contribution in [0.25, 0.3) is 0 Å². The van der Waals surface area contributed by atoms with Gasteiger partial charge in [0.25, 0.3) is 5.91 Å². The summed E-state index contributed by atoms with van der Waals surface area (Å²) >= 11 is 0. The first-order valence-electron chi connectivity index (χ1n) is 6.34. The predicted molar refractivity (Wildman–Crippen MR) is 77.7 cm³/mol. The summed E-state index contributed by atoms with van der Waals surface area (Å²) in [7, 11) is 1.51. The Kier molecular flexibility index (Phi) is 6.78. The summed E-state index contributed by atoms with van der Waals surface area (Å²) in [5, 5.41) is 2.56. The summed E-state index contributed by atoms with van der Waals surface area (Å²) < 4.78 is 10.1. The summed E-state index contributed by atoms with van der Waals surface area (Å²) in [6.45, 7) is 0.485. The van der Waals surface area contributed by atoms with Gasteiger partial charge in [-0.1, -0.05) is 5.92 Å². The van der Waals surface area contributed by atoms with Gasteiger partial charge in [0.2, 0.25) is 5.91 Å². The molecule has 0 radical (unpaired) electrons. The number of primary amides is 1. The Morgan fingerprint density at radius 1 is 1.38 bits per heavy atom. The number of amides is 2. The molecule has 0 bridgehead atoms. The zero-order valence-corrected chi connectivity index (χ0v) is 11.8. The fourth-order valence-corrected chi connectivity index (χ4v) is 1.59. The second kappa shape index (κ2) is 8.61. The minimum Gasteiger partial charge on any atom is -0.481 e. The number of nitrogens with two attached hydrogens (primary N) is 1. The van der Waals surface area contributed by atoms with Crippen molar-refractivity contribution in [3.05, 3.63) is 29.8 Å². The van der Waals surface area contributed by atoms with Crippen LogP contribution in [0.2, 0.25) is 0 Å². The maximum atomic E-state index is 12.0. The number of terminal acetylenes is 1. The van der Waals surface area contributed by atoms with E-state index in [1.165, 1.54) is 7.11 Å². The van der Waals surface area contributed by atoms with Crippen LogP contribution in [0.5, 0.6) is 5.75 Å². The lowest BCUT2D eigenvalue weighted by molar-refractivity contribution is -0.120. The van der Waals surface area contributed by atoms with Crippen LogP contribution >= 0.6 is 0 Å². The van der Waals surface area contributed by atoms with E-state index >= 15 is 0 Å². The van der Waals surface area contributed by atoms with Crippen molar-refractivity contribution in [2.75, 3.05) is 20.3 Å². The van der Waals surface area contributed by atoms with Gasteiger partial charge in [0.05, 0.1) is 0 Å². The molecular formula is C15H18N2O4. The summed E-state index contributed by atoms with van der Waals surface area (Å²) in [5.41, 5.74) is 5.63. The molecule has 1 atom stereocenters. The molecule has 0 aliphatic heterocycles. The molecule has 1 rings (SSSR count). The van der Waals surface area contributed by atoms with Crippen LogP contribution in [0.4, 0.5) is 0 Å². The van der Waals surface area contributed by atoms with E-state index in [9.17, 15) is 9.59 Å². The third-order valence-corrected chi connectivity index (χ3v) is 2.70. The average Bonchev–Trinajstić information content (AvgIpc) is 2.49. The average molecular weight is 290 g/mol. The first kappa shape index (κ1) is 16.5. The molecule has 0 heterocycles. The lowest BCUT2D eigenvalue weighted by Gasteiger charge is -2.15. The minimum atomic E-state index is -0.769. The van der Waals surface area contributed by atoms with E-state index in [0.29, 0.717) is 24.3 Å². The monoisotopic (exact) mass is 290 g/mol. The first-order valence-corrected chi connectivity index (χ1v) is 6.34. The van der Waals surface area contributed by atoms with Crippen LogP contribution < -0.4 is 15.8 Å². The van der Waals surface area contributed by atoms with Crippen molar-refractivity contribution in [2.24, 2.45) is 5.73 Å². The van der Waals surface area contributed by atoms with E-state index < -0.39 is 17.9 Å². The summed E-state index contributed by atoms with van der Waals surface area (Å²) in [6, 6.07) is 5.64. The fraction of sp³-hybridized carbons (Fsp3) is 0.333. The molecule has 2 amide bonds. The SMILES string of the molecule is C#CCOc1ccc(C(=O)N[C@@H](CCOC)C(N)=O)cc1. The van der Waals surface area contributed by atoms with Crippen molar-refractivity contribution in [1.29, 1.82) is 0 Å². The number of benzene rings is 1. The quantitative estimate of drug-likeness (QED) is 0.675. The van der Waals surface area contributed by atoms with Gasteiger partial charge in [-0.25, -0.2) is 0 Å². The molecule has 112 valence electrons. The number of carbonyl (C=O) groups excluding carboxylic acids is 2. The number of hydrogen-bond donors (Lipinski definition) is 2. The van der Waals surface area contributed by atoms with Crippen molar-refractivity contribution in [3.8, 4) is 18.1 Å². The van der Waals surface area contributed by atoms with Gasteiger partial charge in [0.1, 0.15) is 18.4 Å². The van der Waals surface area contributed by atoms with E-state index in [1.807, 2.05) is 0 Å². The highest BCUT2D eigenvalue weighted by atomic mass is 16.5. The van der Waals surface area contributed by atoms with Crippen LogP contribution in [0, 0.1) is 12.3 Å². The van der Waals surface area contributed by atoms with Gasteiger partial charge < -0.3 is 20.5 Å². The Bertz CT molecular complexity index is 519. The lowest BCUT2D eigenvalue weighted by Crippen LogP contribution is -2.45. The lowest BCUT2D eigenvalue weighted by atomic mass is 10.1. The second-order valence-corrected chi connectivity index (χ2v) is 4.23. The zero-order valence-electron chi connectivity index (χ0n) is 11.8. The second-order valence-electron chi connectivity index (χ2n) is 4.23. The Morgan fingerprint density at radius 2 is 2.05 bits per heavy atom. The Morgan fingerprint density at radius 3 is 2.57 bits per heavy atom. The highest BCUT2D eigenvalue weighted by Gasteiger charge is 2.18. The molecule has 1 aromatic rings. The number of nitrogens with one attached hydrogen (secondary N) is 1. The summed E-state index contributed by atoms with van der Waals surface area (Å²) in [4.78, 5) is 23.3. The van der Waals surface area contributed by atoms with Gasteiger partial charge >= 0.3 is 0 Å². The van der Waals surface area contributed by atoms with Crippen molar-refractivity contribution >= 4 is 11.8 Å². The highest BCUT2D eigenvalue weighted by Crippen LogP contribution is 2.12. The number of carbonyl (C=O) groups is 2. The van der Waals surface area contributed by atoms with E-state index in [2.05, 4.69) is 11.2 Å². The molecule has 0 unspecified atom stereocenters. The molecule has 0 fully saturated rings. The van der Waals surface area contributed by atoms with Gasteiger partial charge in [-0.05, 0) is 30.7 Å². The predicted octanol–water partition coefficient (Wildman–Crippen LogP) is 0.319. The largest absolute Gasteiger partial charge is 0.481 e. The van der Waals surface area contributed by atoms with Gasteiger partial charge in [-0.15, -0.1) is 6.42 Å². The molecule has 0 aromatic heterocycles. The van der Waals surface area contributed by atoms with E-state index in [0.717, 1.165) is 0 Å². The fourth-order valence-electron chi connectivity index (χ4n) is 1.59. The van der Waals surface area contributed by atoms with Crippen molar-refractivity contribution in [2.45, 2.75) is 12.5 Å². The molecule has 0 aliphatic carbocycles. The smallest absolute Gasteiger partial charge is 0.251 e. The van der Waals surface area contributed by atoms with Crippen LogP contribution in [0.15, 0.2) is 24.3 Å². The third kappa shape index (κ3) is 5.55. The molecule has 21 heavy (non-hydrogen) atoms. The van der Waals surface area contributed by atoms with Gasteiger partial charge in [0.15, 0.2) is 0 Å². The molecule has 6 heteroatoms. The van der Waals surface area contributed by atoms with Crippen LogP contribution in [-0.2, 0) is 9.53 Å². The van der Waals surface area contributed by atoms with Gasteiger partial charge in [-0.3, -0.25) is 9.59 Å². The molecule has 0 aliphatic rings. The molecule has 1 aromatic carbocycles. The van der Waals surface area contributed by atoms with Crippen molar-refractivity contribution in [3.63, 3.8) is 0 Å². The van der Waals surface area contributed by atoms with Crippen molar-refractivity contribution < 1.29 is 19.1 Å². The summed E-state index contributed by atoms with van der Waals surface area (Å²) in [6.07, 6.45) is 5.40. The van der Waals surface area contributed by atoms with Gasteiger partial charge in [0, 0.05) is 19.3 Å². The number of hydrogen-bond acceptors (Lipinski definition) is 4. The van der Waals surface area contributed by atoms with Crippen molar-refractivity contribution in [1.82, 2.24) is 5.32 Å². The standard InChI is InChI=1S/C15H18N2O4/c1-3-9-21-12-6-4-11(5-7-12)15(19)17-13(14(16)18)8-10-20-2/h1,4-7,13H,8-10H2,2H3,(H2,16,18)(H,17,19)/t13-/m0/s1. The molecule has 0 saturated carbocycles. The maximum absolute atomic E-state index is 12.0. The number of rotatable bonds is 8. The Balaban J connectivity index is 2.65. The molecule has 3 N–H and O–H groups in total. The number of ether oxygens (including phenoxy) is 2. The molecule has 0 spiro atoms. The zero-order chi connectivity index (χ0) is 15.7. The first-order chi connectivity index (χ1) is 10.1. The molecule has 6 nitrogen and oxygen atoms in total. The third-order valence-electron chi connectivity index (χ3n) is 2.70. The van der Waals surface area contributed by atoms with Crippen LogP contribution in [0.3, 0.4) is 0 Å².